The van der Waals surface area contributed by atoms with E-state index >= 15 is 0 Å². The monoisotopic (exact) mass is 401 g/mol. The van der Waals surface area contributed by atoms with Gasteiger partial charge in [0.05, 0.1) is 11.4 Å². The van der Waals surface area contributed by atoms with Crippen LogP contribution in [0, 0.1) is 17.7 Å². The van der Waals surface area contributed by atoms with Crippen molar-refractivity contribution < 1.29 is 4.39 Å². The van der Waals surface area contributed by atoms with Crippen LogP contribution in [0.5, 0.6) is 0 Å². The number of anilines is 1. The molecule has 0 bridgehead atoms. The normalized spacial score (nSPS) is 23.5. The molecule has 5 rings (SSSR count). The first-order chi connectivity index (χ1) is 14.7. The fourth-order valence-electron chi connectivity index (χ4n) is 5.35. The molecule has 1 unspecified atom stereocenters. The van der Waals surface area contributed by atoms with Gasteiger partial charge < -0.3 is 10.7 Å². The molecule has 2 aliphatic carbocycles. The van der Waals surface area contributed by atoms with E-state index in [1.165, 1.54) is 41.0 Å². The fraction of sp³-hybridized carbons (Fsp3) is 0.308. The molecule has 0 fully saturated rings. The predicted octanol–water partition coefficient (Wildman–Crippen LogP) is 5.63. The number of nitrogens with one attached hydrogen (secondary N) is 2. The lowest BCUT2D eigenvalue weighted by Crippen LogP contribution is -2.30. The van der Waals surface area contributed by atoms with Gasteiger partial charge in [-0.2, -0.15) is 0 Å². The van der Waals surface area contributed by atoms with Crippen molar-refractivity contribution in [3.63, 3.8) is 0 Å². The van der Waals surface area contributed by atoms with E-state index in [-0.39, 0.29) is 5.82 Å². The molecule has 1 heterocycles. The van der Waals surface area contributed by atoms with Crippen LogP contribution in [-0.4, -0.2) is 7.05 Å². The van der Waals surface area contributed by atoms with Crippen LogP contribution in [0.4, 0.5) is 10.1 Å². The van der Waals surface area contributed by atoms with Crippen LogP contribution >= 0.6 is 0 Å². The second kappa shape index (κ2) is 7.77. The van der Waals surface area contributed by atoms with Crippen molar-refractivity contribution in [1.29, 1.82) is 0 Å². The van der Waals surface area contributed by atoms with Crippen LogP contribution in [-0.2, 0) is 0 Å². The van der Waals surface area contributed by atoms with E-state index in [0.717, 1.165) is 18.5 Å². The van der Waals surface area contributed by atoms with E-state index in [2.05, 4.69) is 72.3 Å². The zero-order valence-electron chi connectivity index (χ0n) is 17.5. The summed E-state index contributed by atoms with van der Waals surface area (Å²) in [7, 11) is 2.06. The Morgan fingerprint density at radius 3 is 2.63 bits per heavy atom. The molecule has 154 valence electrons. The molecule has 4 heteroatoms. The minimum Gasteiger partial charge on any atom is -0.313 e. The molecule has 2 aromatic carbocycles. The fourth-order valence-corrected chi connectivity index (χ4v) is 5.35. The third-order valence-electron chi connectivity index (χ3n) is 6.86. The summed E-state index contributed by atoms with van der Waals surface area (Å²) >= 11 is 0. The van der Waals surface area contributed by atoms with Crippen molar-refractivity contribution in [2.45, 2.75) is 32.2 Å². The van der Waals surface area contributed by atoms with Crippen molar-refractivity contribution in [1.82, 2.24) is 10.7 Å². The number of allylic oxidation sites excluding steroid dienone is 4. The van der Waals surface area contributed by atoms with Crippen molar-refractivity contribution in [2.24, 2.45) is 11.8 Å². The van der Waals surface area contributed by atoms with E-state index in [1.807, 2.05) is 12.1 Å². The van der Waals surface area contributed by atoms with Crippen LogP contribution < -0.4 is 15.8 Å². The average molecular weight is 402 g/mol. The Kier molecular flexibility index (Phi) is 4.95. The largest absolute Gasteiger partial charge is 0.313 e. The molecule has 3 atom stereocenters. The molecule has 3 nitrogen and oxygen atoms in total. The quantitative estimate of drug-likeness (QED) is 0.680. The van der Waals surface area contributed by atoms with E-state index in [0.29, 0.717) is 17.9 Å². The van der Waals surface area contributed by atoms with Crippen LogP contribution in [0.2, 0.25) is 0 Å². The molecule has 0 spiro atoms. The van der Waals surface area contributed by atoms with Gasteiger partial charge in [0.25, 0.3) is 0 Å². The van der Waals surface area contributed by atoms with Gasteiger partial charge in [0.2, 0.25) is 0 Å². The molecular formula is C26H28FN3. The number of nitrogens with zero attached hydrogens (tertiary/aromatic N) is 1. The standard InChI is InChI=1S/C26H28FN3/c1-17-23-16-29-30(22-12-10-21(27)11-13-22)25(23)15-20-9-8-19(26(17)20)14-24(28-2)18-6-4-3-5-7-18/h3-7,10-13,15-17,19,24,28-29H,8-9,14H2,1-2H3/t17-,19+,24?/m0/s1. The van der Waals surface area contributed by atoms with E-state index in [1.54, 1.807) is 5.57 Å². The molecule has 0 radical (unpaired) electrons. The topological polar surface area (TPSA) is 27.3 Å². The number of hydrogen-bond acceptors (Lipinski definition) is 3. The molecule has 30 heavy (non-hydrogen) atoms. The highest BCUT2D eigenvalue weighted by molar-refractivity contribution is 5.64. The molecule has 2 aromatic rings. The van der Waals surface area contributed by atoms with Gasteiger partial charge in [0, 0.05) is 23.7 Å². The number of hydrazine groups is 1. The van der Waals surface area contributed by atoms with E-state index in [4.69, 9.17) is 0 Å². The summed E-state index contributed by atoms with van der Waals surface area (Å²) in [5.74, 6) is 0.767. The number of benzene rings is 2. The summed E-state index contributed by atoms with van der Waals surface area (Å²) in [5.41, 5.74) is 11.3. The van der Waals surface area contributed by atoms with Gasteiger partial charge in [-0.25, -0.2) is 4.39 Å². The minimum absolute atomic E-state index is 0.210. The van der Waals surface area contributed by atoms with Gasteiger partial charge in [-0.3, -0.25) is 5.01 Å². The zero-order chi connectivity index (χ0) is 20.7. The third-order valence-corrected chi connectivity index (χ3v) is 6.86. The maximum atomic E-state index is 13.4. The molecule has 0 amide bonds. The first kappa shape index (κ1) is 19.1. The Morgan fingerprint density at radius 2 is 1.90 bits per heavy atom. The van der Waals surface area contributed by atoms with Gasteiger partial charge >= 0.3 is 0 Å². The molecule has 1 aliphatic heterocycles. The first-order valence-electron chi connectivity index (χ1n) is 10.8. The SMILES string of the molecule is CNC(C[C@H]1CCC2=C1[C@@H](C)C1=CNN(c3ccc(F)cc3)C1=C2)c1ccccc1. The number of hydrogen-bond donors (Lipinski definition) is 2. The summed E-state index contributed by atoms with van der Waals surface area (Å²) in [5, 5.41) is 5.60. The summed E-state index contributed by atoms with van der Waals surface area (Å²) in [6, 6.07) is 17.8. The maximum Gasteiger partial charge on any atom is 0.123 e. The van der Waals surface area contributed by atoms with Gasteiger partial charge in [-0.05, 0) is 73.7 Å². The predicted molar refractivity (Wildman–Crippen MR) is 120 cm³/mol. The lowest BCUT2D eigenvalue weighted by atomic mass is 9.78. The van der Waals surface area contributed by atoms with E-state index in [9.17, 15) is 4.39 Å². The average Bonchev–Trinajstić information content (AvgIpc) is 3.38. The van der Waals surface area contributed by atoms with Crippen LogP contribution in [0.25, 0.3) is 0 Å². The van der Waals surface area contributed by atoms with Gasteiger partial charge in [0.1, 0.15) is 5.82 Å². The van der Waals surface area contributed by atoms with Crippen molar-refractivity contribution >= 4 is 5.69 Å². The van der Waals surface area contributed by atoms with Crippen LogP contribution in [0.3, 0.4) is 0 Å². The smallest absolute Gasteiger partial charge is 0.123 e. The van der Waals surface area contributed by atoms with Gasteiger partial charge in [0.15, 0.2) is 0 Å². The zero-order valence-corrected chi connectivity index (χ0v) is 17.5. The Hall–Kier alpha value is -2.85. The van der Waals surface area contributed by atoms with Crippen molar-refractivity contribution in [3.8, 4) is 0 Å². The molecule has 0 aromatic heterocycles. The summed E-state index contributed by atoms with van der Waals surface area (Å²) < 4.78 is 13.4. The van der Waals surface area contributed by atoms with Gasteiger partial charge in [-0.15, -0.1) is 0 Å². The molecule has 0 saturated carbocycles. The highest BCUT2D eigenvalue weighted by atomic mass is 19.1. The number of rotatable bonds is 5. The highest BCUT2D eigenvalue weighted by Crippen LogP contribution is 2.49. The maximum absolute atomic E-state index is 13.4. The summed E-state index contributed by atoms with van der Waals surface area (Å²) in [6.07, 6.45) is 7.92. The third kappa shape index (κ3) is 3.25. The summed E-state index contributed by atoms with van der Waals surface area (Å²) in [4.78, 5) is 0. The molecular weight excluding hydrogens is 373 g/mol. The Bertz CT molecular complexity index is 1020. The summed E-state index contributed by atoms with van der Waals surface area (Å²) in [6.45, 7) is 2.33. The minimum atomic E-state index is -0.210. The van der Waals surface area contributed by atoms with E-state index < -0.39 is 0 Å². The highest BCUT2D eigenvalue weighted by Gasteiger charge is 2.38. The van der Waals surface area contributed by atoms with Crippen LogP contribution in [0.15, 0.2) is 89.3 Å². The number of fused-ring (bicyclic) bond motifs is 1. The van der Waals surface area contributed by atoms with Crippen molar-refractivity contribution in [3.05, 3.63) is 101 Å². The second-order valence-corrected chi connectivity index (χ2v) is 8.50. The van der Waals surface area contributed by atoms with Crippen LogP contribution in [0.1, 0.15) is 37.8 Å². The molecule has 3 aliphatic rings. The Balaban J connectivity index is 1.42. The van der Waals surface area contributed by atoms with Gasteiger partial charge in [-0.1, -0.05) is 42.8 Å². The Labute approximate surface area is 178 Å². The first-order valence-corrected chi connectivity index (χ1v) is 10.8. The number of halogens is 1. The Morgan fingerprint density at radius 1 is 1.13 bits per heavy atom. The lowest BCUT2D eigenvalue weighted by molar-refractivity contribution is 0.428. The molecule has 2 N–H and O–H groups in total. The molecule has 0 saturated heterocycles. The lowest BCUT2D eigenvalue weighted by Gasteiger charge is -2.31. The van der Waals surface area contributed by atoms with Crippen molar-refractivity contribution in [2.75, 3.05) is 12.1 Å². The second-order valence-electron chi connectivity index (χ2n) is 8.50.